The number of benzene rings is 1. The van der Waals surface area contributed by atoms with E-state index in [9.17, 15) is 4.79 Å². The second-order valence-corrected chi connectivity index (χ2v) is 6.40. The third kappa shape index (κ3) is 2.09. The van der Waals surface area contributed by atoms with Gasteiger partial charge in [-0.1, -0.05) is 26.0 Å². The van der Waals surface area contributed by atoms with Crippen LogP contribution in [0.5, 0.6) is 0 Å². The molecule has 1 amide bonds. The minimum atomic E-state index is -1.21. The van der Waals surface area contributed by atoms with Crippen molar-refractivity contribution in [3.8, 4) is 0 Å². The molecule has 0 radical (unpaired) electrons. The maximum absolute atomic E-state index is 13.1. The molecule has 1 aromatic rings. The molecule has 1 spiro atoms. The zero-order valence-electron chi connectivity index (χ0n) is 13.2. The highest BCUT2D eigenvalue weighted by Crippen LogP contribution is 2.48. The summed E-state index contributed by atoms with van der Waals surface area (Å²) in [5.41, 5.74) is 4.04. The Morgan fingerprint density at radius 2 is 1.81 bits per heavy atom. The van der Waals surface area contributed by atoms with Gasteiger partial charge in [-0.3, -0.25) is 4.79 Å². The summed E-state index contributed by atoms with van der Waals surface area (Å²) in [5.74, 6) is -0.887. The summed E-state index contributed by atoms with van der Waals surface area (Å²) in [7, 11) is 0. The van der Waals surface area contributed by atoms with Crippen LogP contribution in [0.4, 0.5) is 5.69 Å². The minimum Gasteiger partial charge on any atom is -0.338 e. The molecule has 114 valence electrons. The molecule has 2 aliphatic heterocycles. The van der Waals surface area contributed by atoms with Gasteiger partial charge in [-0.25, -0.2) is 0 Å². The number of nitrogens with zero attached hydrogens (tertiary/aromatic N) is 1. The van der Waals surface area contributed by atoms with Gasteiger partial charge in [-0.2, -0.15) is 0 Å². The Morgan fingerprint density at radius 1 is 1.19 bits per heavy atom. The fourth-order valence-corrected chi connectivity index (χ4v) is 3.29. The van der Waals surface area contributed by atoms with Gasteiger partial charge in [0.2, 0.25) is 0 Å². The number of aryl methyl sites for hydroxylation is 2. The number of rotatable bonds is 2. The van der Waals surface area contributed by atoms with Crippen molar-refractivity contribution in [1.82, 2.24) is 0 Å². The number of hydrogen-bond donors (Lipinski definition) is 0. The van der Waals surface area contributed by atoms with Crippen molar-refractivity contribution in [1.29, 1.82) is 0 Å². The highest BCUT2D eigenvalue weighted by atomic mass is 16.7. The van der Waals surface area contributed by atoms with E-state index in [1.807, 2.05) is 24.8 Å². The van der Waals surface area contributed by atoms with Crippen LogP contribution < -0.4 is 4.90 Å². The molecule has 4 heteroatoms. The highest BCUT2D eigenvalue weighted by Gasteiger charge is 2.56. The number of amides is 1. The number of carbonyl (C=O) groups is 1. The number of anilines is 1. The van der Waals surface area contributed by atoms with Crippen molar-refractivity contribution in [2.75, 3.05) is 24.7 Å². The van der Waals surface area contributed by atoms with E-state index in [1.54, 1.807) is 0 Å². The van der Waals surface area contributed by atoms with Crippen LogP contribution in [-0.4, -0.2) is 25.7 Å². The first kappa shape index (κ1) is 14.5. The fourth-order valence-electron chi connectivity index (χ4n) is 3.29. The first-order chi connectivity index (χ1) is 9.97. The first-order valence-corrected chi connectivity index (χ1v) is 7.68. The van der Waals surface area contributed by atoms with Gasteiger partial charge in [-0.05, 0) is 37.3 Å². The second kappa shape index (κ2) is 5.11. The molecule has 0 aliphatic carbocycles. The highest BCUT2D eigenvalue weighted by molar-refractivity contribution is 6.07. The molecule has 0 saturated carbocycles. The van der Waals surface area contributed by atoms with Crippen molar-refractivity contribution in [3.05, 3.63) is 28.8 Å². The van der Waals surface area contributed by atoms with E-state index in [4.69, 9.17) is 9.47 Å². The molecule has 3 rings (SSSR count). The first-order valence-electron chi connectivity index (χ1n) is 7.68. The number of fused-ring (bicyclic) bond motifs is 2. The van der Waals surface area contributed by atoms with Crippen LogP contribution in [0.2, 0.25) is 0 Å². The molecular weight excluding hydrogens is 266 g/mol. The Balaban J connectivity index is 2.19. The third-order valence-electron chi connectivity index (χ3n) is 4.16. The van der Waals surface area contributed by atoms with Gasteiger partial charge < -0.3 is 14.4 Å². The van der Waals surface area contributed by atoms with Crippen molar-refractivity contribution < 1.29 is 14.3 Å². The molecular formula is C17H23NO3. The predicted octanol–water partition coefficient (Wildman–Crippen LogP) is 2.90. The van der Waals surface area contributed by atoms with Crippen LogP contribution in [-0.2, 0) is 20.1 Å². The van der Waals surface area contributed by atoms with E-state index in [1.165, 1.54) is 0 Å². The van der Waals surface area contributed by atoms with Gasteiger partial charge in [0.15, 0.2) is 0 Å². The summed E-state index contributed by atoms with van der Waals surface area (Å²) >= 11 is 0. The molecule has 0 unspecified atom stereocenters. The SMILES string of the molecule is Cc1ccc(C)c2c1N(CC(C)C)C(=O)C21OCCCO1. The van der Waals surface area contributed by atoms with E-state index < -0.39 is 5.79 Å². The number of hydrogen-bond acceptors (Lipinski definition) is 3. The summed E-state index contributed by atoms with van der Waals surface area (Å²) in [6.07, 6.45) is 0.833. The number of carbonyl (C=O) groups excluding carboxylic acids is 1. The molecule has 1 aromatic carbocycles. The summed E-state index contributed by atoms with van der Waals surface area (Å²) in [5, 5.41) is 0. The predicted molar refractivity (Wildman–Crippen MR) is 81.3 cm³/mol. The van der Waals surface area contributed by atoms with Crippen molar-refractivity contribution in [3.63, 3.8) is 0 Å². The maximum atomic E-state index is 13.1. The molecule has 0 atom stereocenters. The molecule has 4 nitrogen and oxygen atoms in total. The smallest absolute Gasteiger partial charge is 0.292 e. The van der Waals surface area contributed by atoms with Crippen molar-refractivity contribution in [2.24, 2.45) is 5.92 Å². The third-order valence-corrected chi connectivity index (χ3v) is 4.16. The lowest BCUT2D eigenvalue weighted by atomic mass is 9.97. The molecule has 1 fully saturated rings. The lowest BCUT2D eigenvalue weighted by Gasteiger charge is -2.33. The molecule has 0 aromatic heterocycles. The number of ether oxygens (including phenoxy) is 2. The standard InChI is InChI=1S/C17H23NO3/c1-11(2)10-18-15-13(4)7-6-12(3)14(15)17(16(18)19)20-8-5-9-21-17/h6-7,11H,5,8-10H2,1-4H3. The van der Waals surface area contributed by atoms with Crippen LogP contribution in [0.15, 0.2) is 12.1 Å². The summed E-state index contributed by atoms with van der Waals surface area (Å²) < 4.78 is 11.8. The molecule has 2 aliphatic rings. The average Bonchev–Trinajstić information content (AvgIpc) is 2.67. The maximum Gasteiger partial charge on any atom is 0.292 e. The Morgan fingerprint density at radius 3 is 2.43 bits per heavy atom. The van der Waals surface area contributed by atoms with Crippen LogP contribution in [0, 0.1) is 19.8 Å². The zero-order valence-corrected chi connectivity index (χ0v) is 13.2. The lowest BCUT2D eigenvalue weighted by molar-refractivity contribution is -0.257. The lowest BCUT2D eigenvalue weighted by Crippen LogP contribution is -2.48. The minimum absolute atomic E-state index is 0.0664. The Hall–Kier alpha value is -1.39. The van der Waals surface area contributed by atoms with E-state index in [0.717, 1.165) is 28.8 Å². The Labute approximate surface area is 126 Å². The van der Waals surface area contributed by atoms with E-state index in [2.05, 4.69) is 19.9 Å². The van der Waals surface area contributed by atoms with Gasteiger partial charge in [-0.15, -0.1) is 0 Å². The molecule has 1 saturated heterocycles. The molecule has 0 bridgehead atoms. The van der Waals surface area contributed by atoms with Gasteiger partial charge in [0, 0.05) is 12.1 Å². The summed E-state index contributed by atoms with van der Waals surface area (Å²) in [4.78, 5) is 14.9. The molecule has 2 heterocycles. The van der Waals surface area contributed by atoms with Crippen LogP contribution in [0.25, 0.3) is 0 Å². The van der Waals surface area contributed by atoms with E-state index in [-0.39, 0.29) is 5.91 Å². The second-order valence-electron chi connectivity index (χ2n) is 6.40. The van der Waals surface area contributed by atoms with Gasteiger partial charge in [0.25, 0.3) is 11.7 Å². The molecule has 0 N–H and O–H groups in total. The largest absolute Gasteiger partial charge is 0.338 e. The Bertz CT molecular complexity index is 574. The summed E-state index contributed by atoms with van der Waals surface area (Å²) in [6, 6.07) is 4.11. The van der Waals surface area contributed by atoms with Gasteiger partial charge in [0.05, 0.1) is 18.9 Å². The van der Waals surface area contributed by atoms with Crippen LogP contribution in [0.1, 0.15) is 37.0 Å². The van der Waals surface area contributed by atoms with Crippen LogP contribution >= 0.6 is 0 Å². The summed E-state index contributed by atoms with van der Waals surface area (Å²) in [6.45, 7) is 10.1. The van der Waals surface area contributed by atoms with E-state index in [0.29, 0.717) is 25.7 Å². The quantitative estimate of drug-likeness (QED) is 0.840. The zero-order chi connectivity index (χ0) is 15.2. The van der Waals surface area contributed by atoms with Crippen molar-refractivity contribution in [2.45, 2.75) is 39.9 Å². The average molecular weight is 289 g/mol. The topological polar surface area (TPSA) is 38.8 Å². The van der Waals surface area contributed by atoms with E-state index >= 15 is 0 Å². The van der Waals surface area contributed by atoms with Gasteiger partial charge >= 0.3 is 0 Å². The van der Waals surface area contributed by atoms with Crippen molar-refractivity contribution >= 4 is 11.6 Å². The molecule has 21 heavy (non-hydrogen) atoms. The monoisotopic (exact) mass is 289 g/mol. The van der Waals surface area contributed by atoms with Gasteiger partial charge in [0.1, 0.15) is 0 Å². The van der Waals surface area contributed by atoms with Crippen LogP contribution in [0.3, 0.4) is 0 Å². The Kier molecular flexibility index (Phi) is 3.54. The normalized spacial score (nSPS) is 20.4. The fraction of sp³-hybridized carbons (Fsp3) is 0.588.